The average Bonchev–Trinajstić information content (AvgIpc) is 3.10. The summed E-state index contributed by atoms with van der Waals surface area (Å²) in [6.45, 7) is 1.87. The van der Waals surface area contributed by atoms with Crippen LogP contribution in [0.3, 0.4) is 0 Å². The molecule has 1 saturated heterocycles. The van der Waals surface area contributed by atoms with Crippen LogP contribution in [0, 0.1) is 0 Å². The Kier molecular flexibility index (Phi) is 5.04. The van der Waals surface area contributed by atoms with Gasteiger partial charge in [0.15, 0.2) is 9.84 Å². The molecule has 25 heavy (non-hydrogen) atoms. The Morgan fingerprint density at radius 2 is 2.04 bits per heavy atom. The van der Waals surface area contributed by atoms with Crippen LogP contribution < -0.4 is 5.32 Å². The number of halogens is 2. The van der Waals surface area contributed by atoms with Crippen LogP contribution >= 0.6 is 23.2 Å². The summed E-state index contributed by atoms with van der Waals surface area (Å²) in [6.07, 6.45) is 0.908. The third-order valence-corrected chi connectivity index (χ3v) is 6.29. The summed E-state index contributed by atoms with van der Waals surface area (Å²) in [5.74, 6) is -0.0128. The van der Waals surface area contributed by atoms with Gasteiger partial charge in [0.2, 0.25) is 5.82 Å². The lowest BCUT2D eigenvalue weighted by Crippen LogP contribution is -2.36. The first-order chi connectivity index (χ1) is 11.8. The molecule has 1 aliphatic heterocycles. The van der Waals surface area contributed by atoms with Crippen LogP contribution in [0.2, 0.25) is 10.0 Å². The van der Waals surface area contributed by atoms with E-state index >= 15 is 0 Å². The molecule has 7 nitrogen and oxygen atoms in total. The van der Waals surface area contributed by atoms with E-state index in [0.717, 1.165) is 0 Å². The number of carbonyl (C=O) groups excluding carboxylic acids is 1. The predicted molar refractivity (Wildman–Crippen MR) is 95.3 cm³/mol. The van der Waals surface area contributed by atoms with Gasteiger partial charge in [-0.15, -0.1) is 5.10 Å². The fourth-order valence-electron chi connectivity index (χ4n) is 2.70. The van der Waals surface area contributed by atoms with Crippen molar-refractivity contribution in [2.24, 2.45) is 0 Å². The summed E-state index contributed by atoms with van der Waals surface area (Å²) in [5, 5.41) is 7.68. The molecule has 134 valence electrons. The second-order valence-corrected chi connectivity index (χ2v) is 8.80. The van der Waals surface area contributed by atoms with Crippen molar-refractivity contribution in [3.63, 3.8) is 0 Å². The highest BCUT2D eigenvalue weighted by atomic mass is 35.5. The van der Waals surface area contributed by atoms with Crippen molar-refractivity contribution in [3.05, 3.63) is 39.9 Å². The number of benzene rings is 1. The van der Waals surface area contributed by atoms with Gasteiger partial charge in [-0.2, -0.15) is 0 Å². The molecule has 1 unspecified atom stereocenters. The first-order valence-electron chi connectivity index (χ1n) is 7.72. The lowest BCUT2D eigenvalue weighted by molar-refractivity contribution is 0.0930. The van der Waals surface area contributed by atoms with Crippen LogP contribution in [-0.2, 0) is 16.3 Å². The normalized spacial score (nSPS) is 19.1. The van der Waals surface area contributed by atoms with Gasteiger partial charge in [0.25, 0.3) is 5.91 Å². The number of aryl methyl sites for hydroxylation is 1. The Balaban J connectivity index is 1.89. The molecule has 1 aromatic heterocycles. The molecular weight excluding hydrogens is 387 g/mol. The summed E-state index contributed by atoms with van der Waals surface area (Å²) in [5.41, 5.74) is 0.456. The third-order valence-electron chi connectivity index (χ3n) is 3.91. The Bertz CT molecular complexity index is 907. The maximum absolute atomic E-state index is 12.4. The Morgan fingerprint density at radius 1 is 1.36 bits per heavy atom. The van der Waals surface area contributed by atoms with Crippen LogP contribution in [0.4, 0.5) is 0 Å². The standard InChI is InChI=1S/C15H16Cl2N4O3S/c1-2-12-19-14(15(22)18-9-6-7-25(23,24)8-9)20-21(12)13-10(16)4-3-5-11(13)17/h3-5,9H,2,6-8H2,1H3,(H,18,22). The lowest BCUT2D eigenvalue weighted by Gasteiger charge is -2.09. The van der Waals surface area contributed by atoms with E-state index in [1.807, 2.05) is 6.92 Å². The number of nitrogens with zero attached hydrogens (tertiary/aromatic N) is 3. The SMILES string of the molecule is CCc1nc(C(=O)NC2CCS(=O)(=O)C2)nn1-c1c(Cl)cccc1Cl. The smallest absolute Gasteiger partial charge is 0.291 e. The highest BCUT2D eigenvalue weighted by Crippen LogP contribution is 2.28. The third kappa shape index (κ3) is 3.80. The number of sulfone groups is 1. The monoisotopic (exact) mass is 402 g/mol. The second kappa shape index (κ2) is 6.93. The Hall–Kier alpha value is -1.64. The van der Waals surface area contributed by atoms with E-state index in [0.29, 0.717) is 34.4 Å². The summed E-state index contributed by atoms with van der Waals surface area (Å²) in [7, 11) is -3.08. The topological polar surface area (TPSA) is 93.9 Å². The van der Waals surface area contributed by atoms with Crippen molar-refractivity contribution >= 4 is 38.9 Å². The van der Waals surface area contributed by atoms with E-state index in [1.54, 1.807) is 18.2 Å². The van der Waals surface area contributed by atoms with Gasteiger partial charge in [-0.05, 0) is 18.6 Å². The van der Waals surface area contributed by atoms with E-state index in [4.69, 9.17) is 23.2 Å². The summed E-state index contributed by atoms with van der Waals surface area (Å²) in [6, 6.07) is 4.64. The van der Waals surface area contributed by atoms with E-state index in [9.17, 15) is 13.2 Å². The molecule has 0 radical (unpaired) electrons. The van der Waals surface area contributed by atoms with Crippen LogP contribution in [-0.4, -0.2) is 46.6 Å². The zero-order valence-electron chi connectivity index (χ0n) is 13.4. The zero-order valence-corrected chi connectivity index (χ0v) is 15.7. The van der Waals surface area contributed by atoms with Gasteiger partial charge in [0.05, 0.1) is 21.6 Å². The molecule has 1 atom stereocenters. The van der Waals surface area contributed by atoms with Crippen molar-refractivity contribution in [2.75, 3.05) is 11.5 Å². The number of carbonyl (C=O) groups is 1. The molecule has 1 amide bonds. The largest absolute Gasteiger partial charge is 0.345 e. The highest BCUT2D eigenvalue weighted by Gasteiger charge is 2.30. The quantitative estimate of drug-likeness (QED) is 0.844. The van der Waals surface area contributed by atoms with Gasteiger partial charge in [-0.25, -0.2) is 18.1 Å². The summed E-state index contributed by atoms with van der Waals surface area (Å²) >= 11 is 12.4. The molecule has 2 heterocycles. The van der Waals surface area contributed by atoms with Crippen LogP contribution in [0.25, 0.3) is 5.69 Å². The van der Waals surface area contributed by atoms with Crippen molar-refractivity contribution in [1.29, 1.82) is 0 Å². The molecule has 0 aliphatic carbocycles. The molecule has 0 spiro atoms. The minimum absolute atomic E-state index is 0.0443. The number of hydrogen-bond acceptors (Lipinski definition) is 5. The van der Waals surface area contributed by atoms with E-state index in [2.05, 4.69) is 15.4 Å². The Morgan fingerprint density at radius 3 is 2.60 bits per heavy atom. The number of rotatable bonds is 4. The maximum Gasteiger partial charge on any atom is 0.291 e. The fourth-order valence-corrected chi connectivity index (χ4v) is 4.93. The molecule has 1 fully saturated rings. The fraction of sp³-hybridized carbons (Fsp3) is 0.400. The van der Waals surface area contributed by atoms with Crippen molar-refractivity contribution in [2.45, 2.75) is 25.8 Å². The average molecular weight is 403 g/mol. The van der Waals surface area contributed by atoms with Gasteiger partial charge >= 0.3 is 0 Å². The minimum atomic E-state index is -3.08. The molecule has 3 rings (SSSR count). The molecule has 2 aromatic rings. The van der Waals surface area contributed by atoms with Crippen molar-refractivity contribution in [3.8, 4) is 5.69 Å². The highest BCUT2D eigenvalue weighted by molar-refractivity contribution is 7.91. The first-order valence-corrected chi connectivity index (χ1v) is 10.3. The van der Waals surface area contributed by atoms with Gasteiger partial charge in [-0.1, -0.05) is 36.2 Å². The number of para-hydroxylation sites is 1. The molecular formula is C15H16Cl2N4O3S. The van der Waals surface area contributed by atoms with Gasteiger partial charge in [0.1, 0.15) is 11.5 Å². The molecule has 0 saturated carbocycles. The Labute approximate surface area is 155 Å². The van der Waals surface area contributed by atoms with E-state index in [1.165, 1.54) is 4.68 Å². The number of nitrogens with one attached hydrogen (secondary N) is 1. The summed E-state index contributed by atoms with van der Waals surface area (Å²) < 4.78 is 24.5. The number of aromatic nitrogens is 3. The molecule has 1 aliphatic rings. The van der Waals surface area contributed by atoms with Crippen LogP contribution in [0.15, 0.2) is 18.2 Å². The first kappa shape index (κ1) is 18.2. The van der Waals surface area contributed by atoms with E-state index in [-0.39, 0.29) is 17.3 Å². The van der Waals surface area contributed by atoms with E-state index < -0.39 is 21.8 Å². The van der Waals surface area contributed by atoms with Gasteiger partial charge in [-0.3, -0.25) is 4.79 Å². The second-order valence-electron chi connectivity index (χ2n) is 5.76. The maximum atomic E-state index is 12.4. The molecule has 1 aromatic carbocycles. The predicted octanol–water partition coefficient (Wildman–Crippen LogP) is 2.05. The van der Waals surface area contributed by atoms with Gasteiger partial charge < -0.3 is 5.32 Å². The number of hydrogen-bond donors (Lipinski definition) is 1. The lowest BCUT2D eigenvalue weighted by atomic mass is 10.2. The van der Waals surface area contributed by atoms with Crippen LogP contribution in [0.5, 0.6) is 0 Å². The zero-order chi connectivity index (χ0) is 18.2. The summed E-state index contributed by atoms with van der Waals surface area (Å²) in [4.78, 5) is 16.6. The molecule has 1 N–H and O–H groups in total. The molecule has 10 heteroatoms. The van der Waals surface area contributed by atoms with Crippen molar-refractivity contribution in [1.82, 2.24) is 20.1 Å². The molecule has 0 bridgehead atoms. The number of amides is 1. The van der Waals surface area contributed by atoms with Crippen LogP contribution in [0.1, 0.15) is 29.8 Å². The van der Waals surface area contributed by atoms with Gasteiger partial charge in [0, 0.05) is 12.5 Å². The minimum Gasteiger partial charge on any atom is -0.345 e. The van der Waals surface area contributed by atoms with Crippen molar-refractivity contribution < 1.29 is 13.2 Å².